The number of carbonyl (C=O) groups is 1. The molecule has 1 aromatic rings. The Kier molecular flexibility index (Phi) is 8.28. The second-order valence-corrected chi connectivity index (χ2v) is 4.54. The second kappa shape index (κ2) is 10.0. The van der Waals surface area contributed by atoms with Gasteiger partial charge in [-0.3, -0.25) is 0 Å². The summed E-state index contributed by atoms with van der Waals surface area (Å²) in [4.78, 5) is 11.8. The number of ether oxygens (including phenoxy) is 4. The number of methoxy groups -OCH3 is 1. The first kappa shape index (κ1) is 17.3. The molecule has 1 atom stereocenters. The molecule has 0 aliphatic rings. The van der Waals surface area contributed by atoms with Gasteiger partial charge in [0.15, 0.2) is 17.6 Å². The van der Waals surface area contributed by atoms with Crippen LogP contribution in [0.4, 0.5) is 0 Å². The zero-order valence-corrected chi connectivity index (χ0v) is 13.0. The third kappa shape index (κ3) is 6.49. The highest BCUT2D eigenvalue weighted by atomic mass is 16.6. The van der Waals surface area contributed by atoms with E-state index in [4.69, 9.17) is 18.9 Å². The number of esters is 1. The van der Waals surface area contributed by atoms with Crippen molar-refractivity contribution in [3.63, 3.8) is 0 Å². The largest absolute Gasteiger partial charge is 0.493 e. The van der Waals surface area contributed by atoms with Crippen LogP contribution in [-0.2, 0) is 14.3 Å². The Morgan fingerprint density at radius 3 is 2.52 bits per heavy atom. The highest BCUT2D eigenvalue weighted by Crippen LogP contribution is 2.26. The molecule has 0 spiro atoms. The quantitative estimate of drug-likeness (QED) is 0.491. The Morgan fingerprint density at radius 2 is 1.86 bits per heavy atom. The summed E-state index contributed by atoms with van der Waals surface area (Å²) in [5.41, 5.74) is 0. The Balaban J connectivity index is 2.31. The van der Waals surface area contributed by atoms with Gasteiger partial charge in [0.25, 0.3) is 0 Å². The number of carbonyl (C=O) groups excluding carboxylic acids is 1. The van der Waals surface area contributed by atoms with E-state index < -0.39 is 12.1 Å². The van der Waals surface area contributed by atoms with Crippen molar-refractivity contribution in [2.24, 2.45) is 0 Å². The molecular weight excluding hydrogens is 272 g/mol. The van der Waals surface area contributed by atoms with Gasteiger partial charge in [-0.25, -0.2) is 4.79 Å². The van der Waals surface area contributed by atoms with Crippen molar-refractivity contribution < 1.29 is 23.7 Å². The summed E-state index contributed by atoms with van der Waals surface area (Å²) in [6.45, 7) is 5.09. The van der Waals surface area contributed by atoms with E-state index in [9.17, 15) is 4.79 Å². The van der Waals surface area contributed by atoms with Crippen LogP contribution in [0.2, 0.25) is 0 Å². The van der Waals surface area contributed by atoms with Crippen molar-refractivity contribution in [1.82, 2.24) is 0 Å². The van der Waals surface area contributed by atoms with Crippen LogP contribution in [0.15, 0.2) is 24.3 Å². The van der Waals surface area contributed by atoms with E-state index in [0.717, 1.165) is 12.8 Å². The number of hydrogen-bond acceptors (Lipinski definition) is 5. The summed E-state index contributed by atoms with van der Waals surface area (Å²) in [5.74, 6) is 0.684. The topological polar surface area (TPSA) is 54.0 Å². The fourth-order valence-electron chi connectivity index (χ4n) is 1.62. The molecule has 0 radical (unpaired) electrons. The minimum absolute atomic E-state index is 0.238. The van der Waals surface area contributed by atoms with Gasteiger partial charge >= 0.3 is 5.97 Å². The Morgan fingerprint density at radius 1 is 1.14 bits per heavy atom. The summed E-state index contributed by atoms with van der Waals surface area (Å²) in [6, 6.07) is 7.17. The van der Waals surface area contributed by atoms with Crippen molar-refractivity contribution in [1.29, 1.82) is 0 Å². The molecule has 0 bridgehead atoms. The van der Waals surface area contributed by atoms with Gasteiger partial charge in [0.05, 0.1) is 13.7 Å². The minimum atomic E-state index is -0.697. The second-order valence-electron chi connectivity index (χ2n) is 4.54. The molecule has 1 unspecified atom stereocenters. The van der Waals surface area contributed by atoms with Crippen molar-refractivity contribution >= 4 is 5.97 Å². The third-order valence-corrected chi connectivity index (χ3v) is 2.82. The average molecular weight is 296 g/mol. The monoisotopic (exact) mass is 296 g/mol. The van der Waals surface area contributed by atoms with Gasteiger partial charge in [-0.15, -0.1) is 0 Å². The van der Waals surface area contributed by atoms with Gasteiger partial charge < -0.3 is 18.9 Å². The third-order valence-electron chi connectivity index (χ3n) is 2.82. The van der Waals surface area contributed by atoms with E-state index in [1.54, 1.807) is 26.2 Å². The predicted molar refractivity (Wildman–Crippen MR) is 79.8 cm³/mol. The standard InChI is InChI=1S/C16H24O5/c1-4-5-10-19-11-12-20-16(17)13(2)21-15-9-7-6-8-14(15)18-3/h6-9,13H,4-5,10-12H2,1-3H3. The van der Waals surface area contributed by atoms with Crippen LogP contribution in [0.5, 0.6) is 11.5 Å². The van der Waals surface area contributed by atoms with E-state index in [1.165, 1.54) is 0 Å². The molecule has 0 aromatic heterocycles. The summed E-state index contributed by atoms with van der Waals surface area (Å²) in [6.07, 6.45) is 1.40. The zero-order chi connectivity index (χ0) is 15.5. The molecule has 0 N–H and O–H groups in total. The Hall–Kier alpha value is -1.75. The van der Waals surface area contributed by atoms with Crippen LogP contribution in [0, 0.1) is 0 Å². The Bertz CT molecular complexity index is 419. The molecule has 0 saturated carbocycles. The molecule has 5 heteroatoms. The van der Waals surface area contributed by atoms with Gasteiger partial charge in [0, 0.05) is 6.61 Å². The lowest BCUT2D eigenvalue weighted by Crippen LogP contribution is -2.27. The molecule has 0 aliphatic heterocycles. The van der Waals surface area contributed by atoms with Crippen LogP contribution in [0.1, 0.15) is 26.7 Å². The van der Waals surface area contributed by atoms with E-state index in [0.29, 0.717) is 24.7 Å². The molecule has 5 nitrogen and oxygen atoms in total. The molecule has 0 saturated heterocycles. The number of hydrogen-bond donors (Lipinski definition) is 0. The minimum Gasteiger partial charge on any atom is -0.493 e. The van der Waals surface area contributed by atoms with Gasteiger partial charge in [-0.1, -0.05) is 25.5 Å². The number of benzene rings is 1. The van der Waals surface area contributed by atoms with E-state index in [2.05, 4.69) is 6.92 Å². The van der Waals surface area contributed by atoms with Gasteiger partial charge in [0.1, 0.15) is 6.61 Å². The van der Waals surface area contributed by atoms with Crippen LogP contribution >= 0.6 is 0 Å². The maximum atomic E-state index is 11.8. The SMILES string of the molecule is CCCCOCCOC(=O)C(C)Oc1ccccc1OC. The Labute approximate surface area is 126 Å². The lowest BCUT2D eigenvalue weighted by atomic mass is 10.3. The van der Waals surface area contributed by atoms with Crippen molar-refractivity contribution in [2.45, 2.75) is 32.8 Å². The smallest absolute Gasteiger partial charge is 0.347 e. The highest BCUT2D eigenvalue weighted by molar-refractivity contribution is 5.74. The maximum absolute atomic E-state index is 11.8. The van der Waals surface area contributed by atoms with E-state index >= 15 is 0 Å². The van der Waals surface area contributed by atoms with Crippen LogP contribution in [0.3, 0.4) is 0 Å². The van der Waals surface area contributed by atoms with Crippen molar-refractivity contribution in [3.05, 3.63) is 24.3 Å². The first-order valence-electron chi connectivity index (χ1n) is 7.23. The summed E-state index contributed by atoms with van der Waals surface area (Å²) < 4.78 is 21.1. The van der Waals surface area contributed by atoms with Gasteiger partial charge in [-0.05, 0) is 25.5 Å². The molecule has 1 rings (SSSR count). The molecule has 0 fully saturated rings. The van der Waals surface area contributed by atoms with Crippen LogP contribution < -0.4 is 9.47 Å². The molecule has 0 heterocycles. The lowest BCUT2D eigenvalue weighted by Gasteiger charge is -2.16. The maximum Gasteiger partial charge on any atom is 0.347 e. The first-order chi connectivity index (χ1) is 10.2. The number of unbranched alkanes of at least 4 members (excludes halogenated alkanes) is 1. The van der Waals surface area contributed by atoms with Crippen LogP contribution in [-0.4, -0.2) is 39.0 Å². The highest BCUT2D eigenvalue weighted by Gasteiger charge is 2.17. The van der Waals surface area contributed by atoms with Crippen molar-refractivity contribution in [3.8, 4) is 11.5 Å². The fraction of sp³-hybridized carbons (Fsp3) is 0.562. The summed E-state index contributed by atoms with van der Waals surface area (Å²) in [7, 11) is 1.55. The molecular formula is C16H24O5. The fourth-order valence-corrected chi connectivity index (χ4v) is 1.62. The van der Waals surface area contributed by atoms with Crippen molar-refractivity contribution in [2.75, 3.05) is 26.9 Å². The van der Waals surface area contributed by atoms with Crippen LogP contribution in [0.25, 0.3) is 0 Å². The van der Waals surface area contributed by atoms with E-state index in [-0.39, 0.29) is 6.61 Å². The zero-order valence-electron chi connectivity index (χ0n) is 13.0. The predicted octanol–water partition coefficient (Wildman–Crippen LogP) is 2.82. The van der Waals surface area contributed by atoms with Gasteiger partial charge in [0.2, 0.25) is 0 Å². The lowest BCUT2D eigenvalue weighted by molar-refractivity contribution is -0.152. The van der Waals surface area contributed by atoms with E-state index in [1.807, 2.05) is 12.1 Å². The normalized spacial score (nSPS) is 11.8. The average Bonchev–Trinajstić information content (AvgIpc) is 2.51. The molecule has 21 heavy (non-hydrogen) atoms. The first-order valence-corrected chi connectivity index (χ1v) is 7.23. The molecule has 1 aromatic carbocycles. The number of rotatable bonds is 10. The number of para-hydroxylation sites is 2. The molecule has 0 amide bonds. The molecule has 0 aliphatic carbocycles. The van der Waals surface area contributed by atoms with Gasteiger partial charge in [-0.2, -0.15) is 0 Å². The summed E-state index contributed by atoms with van der Waals surface area (Å²) >= 11 is 0. The summed E-state index contributed by atoms with van der Waals surface area (Å²) in [5, 5.41) is 0. The molecule has 118 valence electrons.